The van der Waals surface area contributed by atoms with Crippen LogP contribution in [-0.4, -0.2) is 26.4 Å². The fourth-order valence-corrected chi connectivity index (χ4v) is 2.53. The average molecular weight is 309 g/mol. The largest absolute Gasteiger partial charge is 0.324 e. The SMILES string of the molecule is Cn1c(CN)nnc1SCCC(=O)Nc1ccccc1F. The summed E-state index contributed by atoms with van der Waals surface area (Å²) in [5, 5.41) is 11.2. The van der Waals surface area contributed by atoms with Crippen LogP contribution >= 0.6 is 11.8 Å². The molecule has 1 amide bonds. The highest BCUT2D eigenvalue weighted by atomic mass is 32.2. The second-order valence-corrected chi connectivity index (χ2v) is 5.35. The van der Waals surface area contributed by atoms with Gasteiger partial charge in [-0.3, -0.25) is 4.79 Å². The zero-order valence-electron chi connectivity index (χ0n) is 11.5. The van der Waals surface area contributed by atoms with Gasteiger partial charge in [0.2, 0.25) is 5.91 Å². The van der Waals surface area contributed by atoms with Crippen molar-refractivity contribution in [1.29, 1.82) is 0 Å². The minimum Gasteiger partial charge on any atom is -0.324 e. The van der Waals surface area contributed by atoms with Crippen LogP contribution < -0.4 is 11.1 Å². The van der Waals surface area contributed by atoms with E-state index in [4.69, 9.17) is 5.73 Å². The molecular weight excluding hydrogens is 293 g/mol. The number of carbonyl (C=O) groups is 1. The van der Waals surface area contributed by atoms with E-state index < -0.39 is 5.82 Å². The van der Waals surface area contributed by atoms with Gasteiger partial charge in [-0.2, -0.15) is 0 Å². The molecule has 2 rings (SSSR count). The van der Waals surface area contributed by atoms with Crippen LogP contribution in [0.2, 0.25) is 0 Å². The maximum Gasteiger partial charge on any atom is 0.225 e. The van der Waals surface area contributed by atoms with Gasteiger partial charge in [0, 0.05) is 19.2 Å². The number of rotatable bonds is 6. The van der Waals surface area contributed by atoms with Gasteiger partial charge in [-0.25, -0.2) is 4.39 Å². The number of nitrogens with one attached hydrogen (secondary N) is 1. The molecule has 0 aliphatic carbocycles. The molecule has 8 heteroatoms. The van der Waals surface area contributed by atoms with Gasteiger partial charge in [-0.1, -0.05) is 23.9 Å². The number of nitrogens with two attached hydrogens (primary N) is 1. The first-order valence-electron chi connectivity index (χ1n) is 6.37. The van der Waals surface area contributed by atoms with Crippen molar-refractivity contribution in [3.8, 4) is 0 Å². The first kappa shape index (κ1) is 15.5. The van der Waals surface area contributed by atoms with E-state index in [2.05, 4.69) is 15.5 Å². The lowest BCUT2D eigenvalue weighted by molar-refractivity contribution is -0.115. The van der Waals surface area contributed by atoms with Gasteiger partial charge in [0.25, 0.3) is 0 Å². The summed E-state index contributed by atoms with van der Waals surface area (Å²) in [5.41, 5.74) is 5.70. The third-order valence-electron chi connectivity index (χ3n) is 2.82. The van der Waals surface area contributed by atoms with Gasteiger partial charge >= 0.3 is 0 Å². The lowest BCUT2D eigenvalue weighted by atomic mass is 10.3. The molecule has 0 bridgehead atoms. The van der Waals surface area contributed by atoms with Crippen LogP contribution in [0.5, 0.6) is 0 Å². The summed E-state index contributed by atoms with van der Waals surface area (Å²) in [6.45, 7) is 0.317. The first-order valence-corrected chi connectivity index (χ1v) is 7.36. The second-order valence-electron chi connectivity index (χ2n) is 4.29. The number of hydrogen-bond acceptors (Lipinski definition) is 5. The Morgan fingerprint density at radius 3 is 2.86 bits per heavy atom. The molecule has 0 radical (unpaired) electrons. The molecule has 0 atom stereocenters. The number of nitrogens with zero attached hydrogens (tertiary/aromatic N) is 3. The molecule has 1 heterocycles. The molecule has 0 saturated heterocycles. The molecule has 6 nitrogen and oxygen atoms in total. The standard InChI is InChI=1S/C13H16FN5OS/c1-19-11(8-15)17-18-13(19)21-7-6-12(20)16-10-5-3-2-4-9(10)14/h2-5H,6-8,15H2,1H3,(H,16,20). The zero-order chi connectivity index (χ0) is 15.2. The lowest BCUT2D eigenvalue weighted by Gasteiger charge is -2.06. The Kier molecular flexibility index (Phi) is 5.29. The minimum absolute atomic E-state index is 0.191. The van der Waals surface area contributed by atoms with Gasteiger partial charge in [-0.05, 0) is 12.1 Å². The number of thioether (sulfide) groups is 1. The Balaban J connectivity index is 1.82. The number of para-hydroxylation sites is 1. The summed E-state index contributed by atoms with van der Waals surface area (Å²) in [7, 11) is 1.82. The third kappa shape index (κ3) is 4.02. The summed E-state index contributed by atoms with van der Waals surface area (Å²) in [5.74, 6) is 0.526. The molecule has 21 heavy (non-hydrogen) atoms. The van der Waals surface area contributed by atoms with Crippen molar-refractivity contribution in [1.82, 2.24) is 14.8 Å². The molecule has 3 N–H and O–H groups in total. The van der Waals surface area contributed by atoms with Gasteiger partial charge in [0.1, 0.15) is 11.6 Å². The van der Waals surface area contributed by atoms with Gasteiger partial charge < -0.3 is 15.6 Å². The Morgan fingerprint density at radius 2 is 2.19 bits per heavy atom. The monoisotopic (exact) mass is 309 g/mol. The van der Waals surface area contributed by atoms with E-state index in [-0.39, 0.29) is 18.0 Å². The van der Waals surface area contributed by atoms with Gasteiger partial charge in [-0.15, -0.1) is 10.2 Å². The van der Waals surface area contributed by atoms with Crippen molar-refractivity contribution in [3.63, 3.8) is 0 Å². The van der Waals surface area contributed by atoms with Crippen LogP contribution in [-0.2, 0) is 18.4 Å². The molecule has 2 aromatic rings. The highest BCUT2D eigenvalue weighted by molar-refractivity contribution is 7.99. The fraction of sp³-hybridized carbons (Fsp3) is 0.308. The molecule has 112 valence electrons. The van der Waals surface area contributed by atoms with Crippen molar-refractivity contribution in [3.05, 3.63) is 35.9 Å². The predicted molar refractivity (Wildman–Crippen MR) is 79.3 cm³/mol. The van der Waals surface area contributed by atoms with Crippen LogP contribution in [0.25, 0.3) is 0 Å². The van der Waals surface area contributed by atoms with Crippen LogP contribution in [0.4, 0.5) is 10.1 Å². The highest BCUT2D eigenvalue weighted by Gasteiger charge is 2.10. The molecule has 0 saturated carbocycles. The molecule has 1 aromatic carbocycles. The van der Waals surface area contributed by atoms with Crippen LogP contribution in [0.15, 0.2) is 29.4 Å². The number of anilines is 1. The van der Waals surface area contributed by atoms with Gasteiger partial charge in [0.15, 0.2) is 5.16 Å². The maximum absolute atomic E-state index is 13.4. The number of aromatic nitrogens is 3. The van der Waals surface area contributed by atoms with E-state index in [1.54, 1.807) is 16.7 Å². The van der Waals surface area contributed by atoms with E-state index in [0.29, 0.717) is 23.3 Å². The number of carbonyl (C=O) groups excluding carboxylic acids is 1. The van der Waals surface area contributed by atoms with Crippen molar-refractivity contribution in [2.75, 3.05) is 11.1 Å². The van der Waals surface area contributed by atoms with E-state index in [1.807, 2.05) is 7.05 Å². The second kappa shape index (κ2) is 7.19. The van der Waals surface area contributed by atoms with Crippen LogP contribution in [0.1, 0.15) is 12.2 Å². The molecule has 0 fully saturated rings. The molecule has 0 spiro atoms. The average Bonchev–Trinajstić information content (AvgIpc) is 2.82. The molecule has 1 aromatic heterocycles. The molecule has 0 aliphatic rings. The summed E-state index contributed by atoms with van der Waals surface area (Å²) in [6, 6.07) is 6.07. The van der Waals surface area contributed by atoms with E-state index in [0.717, 1.165) is 0 Å². The minimum atomic E-state index is -0.445. The van der Waals surface area contributed by atoms with Crippen molar-refractivity contribution in [2.45, 2.75) is 18.1 Å². The Hall–Kier alpha value is -1.93. The van der Waals surface area contributed by atoms with E-state index in [1.165, 1.54) is 23.9 Å². The maximum atomic E-state index is 13.4. The summed E-state index contributed by atoms with van der Waals surface area (Å²) >= 11 is 1.41. The first-order chi connectivity index (χ1) is 10.1. The molecular formula is C13H16FN5OS. The van der Waals surface area contributed by atoms with E-state index >= 15 is 0 Å². The zero-order valence-corrected chi connectivity index (χ0v) is 12.4. The fourth-order valence-electron chi connectivity index (χ4n) is 1.66. The summed E-state index contributed by atoms with van der Waals surface area (Å²) in [6.07, 6.45) is 0.254. The number of benzene rings is 1. The predicted octanol–water partition coefficient (Wildman–Crippen LogP) is 1.53. The summed E-state index contributed by atoms with van der Waals surface area (Å²) < 4.78 is 15.2. The Bertz CT molecular complexity index is 631. The highest BCUT2D eigenvalue weighted by Crippen LogP contribution is 2.17. The van der Waals surface area contributed by atoms with Crippen molar-refractivity contribution >= 4 is 23.4 Å². The number of amides is 1. The smallest absolute Gasteiger partial charge is 0.225 e. The summed E-state index contributed by atoms with van der Waals surface area (Å²) in [4.78, 5) is 11.7. The number of halogens is 1. The molecule has 0 unspecified atom stereocenters. The number of hydrogen-bond donors (Lipinski definition) is 2. The topological polar surface area (TPSA) is 85.8 Å². The lowest BCUT2D eigenvalue weighted by Crippen LogP contribution is -2.13. The van der Waals surface area contributed by atoms with Crippen LogP contribution in [0.3, 0.4) is 0 Å². The quantitative estimate of drug-likeness (QED) is 0.790. The van der Waals surface area contributed by atoms with Gasteiger partial charge in [0.05, 0.1) is 12.2 Å². The Labute approximate surface area is 125 Å². The van der Waals surface area contributed by atoms with E-state index in [9.17, 15) is 9.18 Å². The normalized spacial score (nSPS) is 10.6. The van der Waals surface area contributed by atoms with Crippen molar-refractivity contribution < 1.29 is 9.18 Å². The third-order valence-corrected chi connectivity index (χ3v) is 3.84. The van der Waals surface area contributed by atoms with Crippen LogP contribution in [0, 0.1) is 5.82 Å². The molecule has 0 aliphatic heterocycles. The Morgan fingerprint density at radius 1 is 1.43 bits per heavy atom. The van der Waals surface area contributed by atoms with Crippen molar-refractivity contribution in [2.24, 2.45) is 12.8 Å².